The summed E-state index contributed by atoms with van der Waals surface area (Å²) in [5.41, 5.74) is 2.34. The fourth-order valence-electron chi connectivity index (χ4n) is 1.72. The first-order chi connectivity index (χ1) is 9.90. The molecular formula is C14H12BrN3O2S. The molecule has 7 heteroatoms. The fourth-order valence-corrected chi connectivity index (χ4v) is 2.70. The molecule has 108 valence electrons. The highest BCUT2D eigenvalue weighted by Gasteiger charge is 2.06. The van der Waals surface area contributed by atoms with E-state index in [4.69, 9.17) is 10.4 Å². The Bertz CT molecular complexity index is 796. The van der Waals surface area contributed by atoms with Crippen LogP contribution in [0.1, 0.15) is 11.1 Å². The number of primary sulfonamides is 1. The van der Waals surface area contributed by atoms with Crippen LogP contribution in [0.5, 0.6) is 0 Å². The number of nitriles is 1. The Morgan fingerprint density at radius 3 is 2.38 bits per heavy atom. The zero-order valence-electron chi connectivity index (χ0n) is 10.9. The van der Waals surface area contributed by atoms with Gasteiger partial charge in [-0.2, -0.15) is 5.26 Å². The first kappa shape index (κ1) is 15.5. The first-order valence-electron chi connectivity index (χ1n) is 5.95. The van der Waals surface area contributed by atoms with E-state index in [1.165, 1.54) is 12.1 Å². The minimum absolute atomic E-state index is 0.0902. The maximum absolute atomic E-state index is 11.2. The molecule has 0 spiro atoms. The van der Waals surface area contributed by atoms with Crippen LogP contribution < -0.4 is 10.5 Å². The van der Waals surface area contributed by atoms with Crippen LogP contribution in [0, 0.1) is 11.3 Å². The summed E-state index contributed by atoms with van der Waals surface area (Å²) in [5, 5.41) is 17.1. The Kier molecular flexibility index (Phi) is 4.63. The number of nitrogens with two attached hydrogens (primary N) is 1. The summed E-state index contributed by atoms with van der Waals surface area (Å²) < 4.78 is 23.0. The van der Waals surface area contributed by atoms with E-state index < -0.39 is 10.0 Å². The molecule has 21 heavy (non-hydrogen) atoms. The second-order valence-electron chi connectivity index (χ2n) is 4.35. The third-order valence-electron chi connectivity index (χ3n) is 2.84. The van der Waals surface area contributed by atoms with Crippen LogP contribution in [0.2, 0.25) is 0 Å². The van der Waals surface area contributed by atoms with Crippen molar-refractivity contribution in [3.05, 3.63) is 58.1 Å². The van der Waals surface area contributed by atoms with Crippen LogP contribution in [-0.4, -0.2) is 8.42 Å². The highest BCUT2D eigenvalue weighted by atomic mass is 79.9. The van der Waals surface area contributed by atoms with Crippen LogP contribution in [-0.2, 0) is 16.6 Å². The van der Waals surface area contributed by atoms with Gasteiger partial charge in [0.2, 0.25) is 10.0 Å². The van der Waals surface area contributed by atoms with Crippen molar-refractivity contribution in [1.29, 1.82) is 5.26 Å². The lowest BCUT2D eigenvalue weighted by Crippen LogP contribution is -2.12. The minimum atomic E-state index is -3.66. The molecule has 0 heterocycles. The molecule has 0 saturated carbocycles. The van der Waals surface area contributed by atoms with Gasteiger partial charge in [0, 0.05) is 16.7 Å². The summed E-state index contributed by atoms with van der Waals surface area (Å²) >= 11 is 3.32. The molecule has 2 rings (SSSR count). The molecule has 3 N–H and O–H groups in total. The minimum Gasteiger partial charge on any atom is -0.381 e. The molecule has 0 atom stereocenters. The number of rotatable bonds is 4. The van der Waals surface area contributed by atoms with Crippen LogP contribution in [0.25, 0.3) is 0 Å². The standard InChI is InChI=1S/C14H12BrN3O2S/c15-14-7-12(4-3-11(14)8-16)18-9-10-1-5-13(6-2-10)21(17,19)20/h1-7,18H,9H2,(H2,17,19,20). The smallest absolute Gasteiger partial charge is 0.238 e. The average molecular weight is 366 g/mol. The maximum atomic E-state index is 11.2. The molecule has 0 aromatic heterocycles. The Morgan fingerprint density at radius 1 is 1.19 bits per heavy atom. The summed E-state index contributed by atoms with van der Waals surface area (Å²) in [7, 11) is -3.66. The molecule has 2 aromatic carbocycles. The summed E-state index contributed by atoms with van der Waals surface area (Å²) in [5.74, 6) is 0. The van der Waals surface area contributed by atoms with Gasteiger partial charge in [0.25, 0.3) is 0 Å². The Labute approximate surface area is 131 Å². The van der Waals surface area contributed by atoms with Gasteiger partial charge in [-0.3, -0.25) is 0 Å². The van der Waals surface area contributed by atoms with Crippen molar-refractivity contribution in [1.82, 2.24) is 0 Å². The Hall–Kier alpha value is -1.88. The van der Waals surface area contributed by atoms with E-state index in [1.807, 2.05) is 12.1 Å². The predicted octanol–water partition coefficient (Wildman–Crippen LogP) is 2.58. The molecule has 0 fully saturated rings. The largest absolute Gasteiger partial charge is 0.381 e. The molecule has 0 saturated heterocycles. The van der Waals surface area contributed by atoms with Gasteiger partial charge in [-0.25, -0.2) is 13.6 Å². The molecule has 0 aliphatic heterocycles. The number of nitrogens with zero attached hydrogens (tertiary/aromatic N) is 1. The lowest BCUT2D eigenvalue weighted by Gasteiger charge is -2.08. The molecule has 0 bridgehead atoms. The normalized spacial score (nSPS) is 10.9. The van der Waals surface area contributed by atoms with Crippen molar-refractivity contribution in [2.45, 2.75) is 11.4 Å². The van der Waals surface area contributed by atoms with Crippen molar-refractivity contribution in [2.75, 3.05) is 5.32 Å². The Balaban J connectivity index is 2.07. The van der Waals surface area contributed by atoms with Gasteiger partial charge in [0.05, 0.1) is 10.5 Å². The monoisotopic (exact) mass is 365 g/mol. The lowest BCUT2D eigenvalue weighted by molar-refractivity contribution is 0.598. The number of hydrogen-bond donors (Lipinski definition) is 2. The number of hydrogen-bond acceptors (Lipinski definition) is 4. The van der Waals surface area contributed by atoms with Gasteiger partial charge < -0.3 is 5.32 Å². The van der Waals surface area contributed by atoms with Crippen LogP contribution in [0.4, 0.5) is 5.69 Å². The molecule has 0 aliphatic rings. The predicted molar refractivity (Wildman–Crippen MR) is 84.0 cm³/mol. The summed E-state index contributed by atoms with van der Waals surface area (Å²) in [6, 6.07) is 13.8. The molecule has 0 unspecified atom stereocenters. The molecule has 2 aromatic rings. The van der Waals surface area contributed by atoms with E-state index in [9.17, 15) is 8.42 Å². The first-order valence-corrected chi connectivity index (χ1v) is 8.29. The number of nitrogens with one attached hydrogen (secondary N) is 1. The van der Waals surface area contributed by atoms with E-state index in [-0.39, 0.29) is 4.90 Å². The highest BCUT2D eigenvalue weighted by molar-refractivity contribution is 9.10. The third kappa shape index (κ3) is 4.04. The zero-order chi connectivity index (χ0) is 15.5. The van der Waals surface area contributed by atoms with Gasteiger partial charge in [-0.1, -0.05) is 12.1 Å². The van der Waals surface area contributed by atoms with Crippen LogP contribution in [0.3, 0.4) is 0 Å². The third-order valence-corrected chi connectivity index (χ3v) is 4.42. The van der Waals surface area contributed by atoms with E-state index >= 15 is 0 Å². The van der Waals surface area contributed by atoms with Crippen molar-refractivity contribution >= 4 is 31.6 Å². The van der Waals surface area contributed by atoms with Gasteiger partial charge >= 0.3 is 0 Å². The molecule has 0 amide bonds. The van der Waals surface area contributed by atoms with E-state index in [0.29, 0.717) is 12.1 Å². The summed E-state index contributed by atoms with van der Waals surface area (Å²) in [4.78, 5) is 0.0902. The van der Waals surface area contributed by atoms with Crippen LogP contribution >= 0.6 is 15.9 Å². The number of halogens is 1. The quantitative estimate of drug-likeness (QED) is 0.869. The second kappa shape index (κ2) is 6.26. The van der Waals surface area contributed by atoms with Gasteiger partial charge in [-0.15, -0.1) is 0 Å². The van der Waals surface area contributed by atoms with Crippen molar-refractivity contribution in [2.24, 2.45) is 5.14 Å². The van der Waals surface area contributed by atoms with Crippen molar-refractivity contribution < 1.29 is 8.42 Å². The summed E-state index contributed by atoms with van der Waals surface area (Å²) in [6.45, 7) is 0.531. The van der Waals surface area contributed by atoms with E-state index in [0.717, 1.165) is 15.7 Å². The topological polar surface area (TPSA) is 96.0 Å². The highest BCUT2D eigenvalue weighted by Crippen LogP contribution is 2.21. The number of benzene rings is 2. The molecule has 5 nitrogen and oxygen atoms in total. The lowest BCUT2D eigenvalue weighted by atomic mass is 10.2. The van der Waals surface area contributed by atoms with E-state index in [2.05, 4.69) is 27.3 Å². The SMILES string of the molecule is N#Cc1ccc(NCc2ccc(S(N)(=O)=O)cc2)cc1Br. The zero-order valence-corrected chi connectivity index (χ0v) is 13.3. The average Bonchev–Trinajstić information content (AvgIpc) is 2.45. The van der Waals surface area contributed by atoms with Crippen molar-refractivity contribution in [3.63, 3.8) is 0 Å². The van der Waals surface area contributed by atoms with Crippen LogP contribution in [0.15, 0.2) is 51.8 Å². The van der Waals surface area contributed by atoms with Gasteiger partial charge in [0.1, 0.15) is 6.07 Å². The maximum Gasteiger partial charge on any atom is 0.238 e. The fraction of sp³-hybridized carbons (Fsp3) is 0.0714. The number of sulfonamides is 1. The summed E-state index contributed by atoms with van der Waals surface area (Å²) in [6.07, 6.45) is 0. The molecular weight excluding hydrogens is 354 g/mol. The second-order valence-corrected chi connectivity index (χ2v) is 6.76. The van der Waals surface area contributed by atoms with E-state index in [1.54, 1.807) is 18.2 Å². The molecule has 0 aliphatic carbocycles. The molecule has 0 radical (unpaired) electrons. The Morgan fingerprint density at radius 2 is 1.86 bits per heavy atom. The number of anilines is 1. The van der Waals surface area contributed by atoms with Crippen molar-refractivity contribution in [3.8, 4) is 6.07 Å². The van der Waals surface area contributed by atoms with Gasteiger partial charge in [-0.05, 0) is 51.8 Å². The van der Waals surface area contributed by atoms with Gasteiger partial charge in [0.15, 0.2) is 0 Å².